The summed E-state index contributed by atoms with van der Waals surface area (Å²) < 4.78 is 0. The Labute approximate surface area is 89.6 Å². The number of carbonyl (C=O) groups is 1. The molecule has 0 fully saturated rings. The maximum Gasteiger partial charge on any atom is 0.257 e. The second kappa shape index (κ2) is 4.77. The fraction of sp³-hybridized carbons (Fsp3) is 0.455. The van der Waals surface area contributed by atoms with E-state index in [1.807, 2.05) is 13.8 Å². The zero-order valence-electron chi connectivity index (χ0n) is 9.27. The van der Waals surface area contributed by atoms with Crippen molar-refractivity contribution in [2.45, 2.75) is 26.3 Å². The van der Waals surface area contributed by atoms with Gasteiger partial charge in [-0.2, -0.15) is 0 Å². The second-order valence-corrected chi connectivity index (χ2v) is 3.57. The van der Waals surface area contributed by atoms with Gasteiger partial charge < -0.3 is 10.0 Å². The van der Waals surface area contributed by atoms with E-state index >= 15 is 0 Å². The number of aromatic hydroxyl groups is 1. The third-order valence-electron chi connectivity index (χ3n) is 2.60. The van der Waals surface area contributed by atoms with Gasteiger partial charge in [0, 0.05) is 19.3 Å². The Hall–Kier alpha value is -1.58. The molecule has 0 aliphatic carbocycles. The molecule has 0 saturated carbocycles. The van der Waals surface area contributed by atoms with Gasteiger partial charge in [-0.3, -0.25) is 9.78 Å². The molecule has 0 saturated heterocycles. The van der Waals surface area contributed by atoms with Crippen molar-refractivity contribution in [3.8, 4) is 5.75 Å². The van der Waals surface area contributed by atoms with E-state index in [0.717, 1.165) is 6.42 Å². The minimum absolute atomic E-state index is 0.0716. The van der Waals surface area contributed by atoms with Crippen molar-refractivity contribution in [1.82, 2.24) is 9.88 Å². The SMILES string of the molecule is CCC(C)N(C)C(=O)c1ccncc1O. The second-order valence-electron chi connectivity index (χ2n) is 3.57. The van der Waals surface area contributed by atoms with Gasteiger partial charge in [-0.15, -0.1) is 0 Å². The average Bonchev–Trinajstić information content (AvgIpc) is 2.26. The van der Waals surface area contributed by atoms with Gasteiger partial charge in [0.05, 0.1) is 11.8 Å². The normalized spacial score (nSPS) is 12.2. The lowest BCUT2D eigenvalue weighted by Gasteiger charge is -2.23. The van der Waals surface area contributed by atoms with Crippen molar-refractivity contribution < 1.29 is 9.90 Å². The van der Waals surface area contributed by atoms with Gasteiger partial charge in [0.25, 0.3) is 5.91 Å². The van der Waals surface area contributed by atoms with E-state index in [-0.39, 0.29) is 17.7 Å². The van der Waals surface area contributed by atoms with Crippen molar-refractivity contribution in [3.63, 3.8) is 0 Å². The third-order valence-corrected chi connectivity index (χ3v) is 2.60. The summed E-state index contributed by atoms with van der Waals surface area (Å²) in [5.74, 6) is -0.248. The van der Waals surface area contributed by atoms with Crippen LogP contribution in [0.1, 0.15) is 30.6 Å². The maximum atomic E-state index is 11.9. The highest BCUT2D eigenvalue weighted by Gasteiger charge is 2.18. The standard InChI is InChI=1S/C11H16N2O2/c1-4-8(2)13(3)11(15)9-5-6-12-7-10(9)14/h5-8,14H,4H2,1-3H3. The number of rotatable bonds is 3. The summed E-state index contributed by atoms with van der Waals surface area (Å²) in [5.41, 5.74) is 0.299. The van der Waals surface area contributed by atoms with Crippen LogP contribution in [0.3, 0.4) is 0 Å². The Bertz CT molecular complexity index is 352. The quantitative estimate of drug-likeness (QED) is 0.821. The number of aromatic nitrogens is 1. The van der Waals surface area contributed by atoms with Gasteiger partial charge >= 0.3 is 0 Å². The topological polar surface area (TPSA) is 53.4 Å². The Kier molecular flexibility index (Phi) is 3.66. The number of carbonyl (C=O) groups excluding carboxylic acids is 1. The maximum absolute atomic E-state index is 11.9. The van der Waals surface area contributed by atoms with Crippen LogP contribution in [0.25, 0.3) is 0 Å². The fourth-order valence-electron chi connectivity index (χ4n) is 1.23. The highest BCUT2D eigenvalue weighted by atomic mass is 16.3. The van der Waals surface area contributed by atoms with Crippen molar-refractivity contribution in [3.05, 3.63) is 24.0 Å². The number of hydrogen-bond donors (Lipinski definition) is 1. The molecule has 1 atom stereocenters. The van der Waals surface area contributed by atoms with E-state index in [2.05, 4.69) is 4.98 Å². The van der Waals surface area contributed by atoms with E-state index in [9.17, 15) is 9.90 Å². The average molecular weight is 208 g/mol. The molecule has 0 aromatic carbocycles. The summed E-state index contributed by atoms with van der Waals surface area (Å²) in [6, 6.07) is 1.68. The van der Waals surface area contributed by atoms with Crippen LogP contribution in [-0.2, 0) is 0 Å². The Balaban J connectivity index is 2.90. The molecule has 1 aromatic heterocycles. The molecule has 15 heavy (non-hydrogen) atoms. The third kappa shape index (κ3) is 2.46. The van der Waals surface area contributed by atoms with Crippen LogP contribution in [0, 0.1) is 0 Å². The lowest BCUT2D eigenvalue weighted by molar-refractivity contribution is 0.0737. The van der Waals surface area contributed by atoms with Crippen LogP contribution in [0.2, 0.25) is 0 Å². The molecule has 1 N–H and O–H groups in total. The first kappa shape index (κ1) is 11.5. The molecule has 4 heteroatoms. The summed E-state index contributed by atoms with van der Waals surface area (Å²) in [5, 5.41) is 9.47. The number of pyridine rings is 1. The number of nitrogens with zero attached hydrogens (tertiary/aromatic N) is 2. The van der Waals surface area contributed by atoms with Crippen LogP contribution in [0.5, 0.6) is 5.75 Å². The zero-order valence-corrected chi connectivity index (χ0v) is 9.27. The molecule has 4 nitrogen and oxygen atoms in total. The van der Waals surface area contributed by atoms with Crippen molar-refractivity contribution in [2.24, 2.45) is 0 Å². The van der Waals surface area contributed by atoms with Crippen LogP contribution in [0.15, 0.2) is 18.5 Å². The highest BCUT2D eigenvalue weighted by Crippen LogP contribution is 2.17. The molecule has 1 rings (SSSR count). The fourth-order valence-corrected chi connectivity index (χ4v) is 1.23. The van der Waals surface area contributed by atoms with Crippen molar-refractivity contribution in [2.75, 3.05) is 7.05 Å². The van der Waals surface area contributed by atoms with Crippen molar-refractivity contribution in [1.29, 1.82) is 0 Å². The van der Waals surface area contributed by atoms with Crippen LogP contribution in [-0.4, -0.2) is 34.0 Å². The largest absolute Gasteiger partial charge is 0.505 e. The predicted octanol–water partition coefficient (Wildman–Crippen LogP) is 1.66. The summed E-state index contributed by atoms with van der Waals surface area (Å²) in [7, 11) is 1.73. The minimum Gasteiger partial charge on any atom is -0.505 e. The van der Waals surface area contributed by atoms with Crippen LogP contribution < -0.4 is 0 Å². The first-order valence-electron chi connectivity index (χ1n) is 4.98. The molecule has 1 amide bonds. The van der Waals surface area contributed by atoms with E-state index in [1.165, 1.54) is 18.5 Å². The lowest BCUT2D eigenvalue weighted by Crippen LogP contribution is -2.34. The van der Waals surface area contributed by atoms with Gasteiger partial charge in [-0.1, -0.05) is 6.92 Å². The van der Waals surface area contributed by atoms with E-state index < -0.39 is 0 Å². The molecular weight excluding hydrogens is 192 g/mol. The Morgan fingerprint density at radius 3 is 2.87 bits per heavy atom. The van der Waals surface area contributed by atoms with Gasteiger partial charge in [0.1, 0.15) is 5.75 Å². The number of amides is 1. The van der Waals surface area contributed by atoms with E-state index in [4.69, 9.17) is 0 Å². The first-order valence-corrected chi connectivity index (χ1v) is 4.98. The van der Waals surface area contributed by atoms with E-state index in [0.29, 0.717) is 5.56 Å². The highest BCUT2D eigenvalue weighted by molar-refractivity contribution is 5.96. The zero-order chi connectivity index (χ0) is 11.4. The van der Waals surface area contributed by atoms with Gasteiger partial charge in [0.2, 0.25) is 0 Å². The number of hydrogen-bond acceptors (Lipinski definition) is 3. The molecule has 1 heterocycles. The lowest BCUT2D eigenvalue weighted by atomic mass is 10.1. The summed E-state index contributed by atoms with van der Waals surface area (Å²) in [6.07, 6.45) is 3.66. The molecule has 0 radical (unpaired) electrons. The molecule has 0 spiro atoms. The minimum atomic E-state index is -0.177. The molecule has 0 aliphatic rings. The molecular formula is C11H16N2O2. The molecule has 1 unspecified atom stereocenters. The van der Waals surface area contributed by atoms with Crippen LogP contribution in [0.4, 0.5) is 0 Å². The molecule has 1 aromatic rings. The van der Waals surface area contributed by atoms with Gasteiger partial charge in [-0.05, 0) is 19.4 Å². The Morgan fingerprint density at radius 2 is 2.33 bits per heavy atom. The summed E-state index contributed by atoms with van der Waals surface area (Å²) in [4.78, 5) is 17.3. The predicted molar refractivity (Wildman–Crippen MR) is 57.7 cm³/mol. The van der Waals surface area contributed by atoms with Gasteiger partial charge in [-0.25, -0.2) is 0 Å². The molecule has 82 valence electrons. The van der Waals surface area contributed by atoms with E-state index in [1.54, 1.807) is 11.9 Å². The van der Waals surface area contributed by atoms with Gasteiger partial charge in [0.15, 0.2) is 0 Å². The smallest absolute Gasteiger partial charge is 0.257 e. The monoisotopic (exact) mass is 208 g/mol. The Morgan fingerprint density at radius 1 is 1.67 bits per heavy atom. The summed E-state index contributed by atoms with van der Waals surface area (Å²) >= 11 is 0. The summed E-state index contributed by atoms with van der Waals surface area (Å²) in [6.45, 7) is 3.98. The first-order chi connectivity index (χ1) is 7.07. The van der Waals surface area contributed by atoms with Crippen LogP contribution >= 0.6 is 0 Å². The molecule has 0 aliphatic heterocycles. The molecule has 0 bridgehead atoms. The van der Waals surface area contributed by atoms with Crippen molar-refractivity contribution >= 4 is 5.91 Å².